The van der Waals surface area contributed by atoms with Crippen LogP contribution in [0, 0.1) is 10.6 Å². The molecule has 0 spiro atoms. The van der Waals surface area contributed by atoms with Crippen LogP contribution in [0.3, 0.4) is 0 Å². The smallest absolute Gasteiger partial charge is 0.137 e. The molecule has 1 aromatic carbocycles. The van der Waals surface area contributed by atoms with E-state index in [4.69, 9.17) is 9.52 Å². The van der Waals surface area contributed by atoms with Crippen LogP contribution in [0.2, 0.25) is 0 Å². The second-order valence-corrected chi connectivity index (χ2v) is 5.56. The lowest BCUT2D eigenvalue weighted by Crippen LogP contribution is -2.40. The molecule has 1 aromatic rings. The Morgan fingerprint density at radius 2 is 1.81 bits per heavy atom. The normalized spacial score (nSPS) is 21.6. The van der Waals surface area contributed by atoms with Crippen LogP contribution in [0.25, 0.3) is 0 Å². The van der Waals surface area contributed by atoms with Gasteiger partial charge >= 0.3 is 0 Å². The molecule has 0 saturated carbocycles. The Labute approximate surface area is 94.1 Å². The van der Waals surface area contributed by atoms with Crippen LogP contribution >= 0.6 is 0 Å². The molecule has 6 heteroatoms. The Morgan fingerprint density at radius 3 is 2.38 bits per heavy atom. The van der Waals surface area contributed by atoms with Crippen molar-refractivity contribution in [2.24, 2.45) is 0 Å². The number of ether oxygens (including phenoxy) is 1. The van der Waals surface area contributed by atoms with Crippen LogP contribution in [0.1, 0.15) is 0 Å². The summed E-state index contributed by atoms with van der Waals surface area (Å²) in [6, 6.07) is 5.26. The highest BCUT2D eigenvalue weighted by molar-refractivity contribution is 7.90. The van der Waals surface area contributed by atoms with Gasteiger partial charge < -0.3 is 4.74 Å². The van der Waals surface area contributed by atoms with Crippen molar-refractivity contribution < 1.29 is 13.3 Å². The minimum Gasteiger partial charge on any atom is -0.379 e. The summed E-state index contributed by atoms with van der Waals surface area (Å²) in [7, 11) is -2.99. The van der Waals surface area contributed by atoms with E-state index in [1.165, 1.54) is 24.3 Å². The number of rotatable bonds is 2. The van der Waals surface area contributed by atoms with Crippen LogP contribution in [-0.2, 0) is 14.7 Å². The van der Waals surface area contributed by atoms with E-state index in [1.54, 1.807) is 4.31 Å². The SMILES string of the molecule is N=S(=O)(c1ccc(F)cc1)N1CCOCC1. The molecule has 1 unspecified atom stereocenters. The van der Waals surface area contributed by atoms with Gasteiger partial charge in [-0.15, -0.1) is 0 Å². The van der Waals surface area contributed by atoms with Crippen molar-refractivity contribution in [3.8, 4) is 0 Å². The summed E-state index contributed by atoms with van der Waals surface area (Å²) in [5, 5.41) is 0. The fraction of sp³-hybridized carbons (Fsp3) is 0.400. The molecule has 1 saturated heterocycles. The third-order valence-electron chi connectivity index (χ3n) is 2.47. The number of nitrogens with one attached hydrogen (secondary N) is 1. The second-order valence-electron chi connectivity index (χ2n) is 3.52. The van der Waals surface area contributed by atoms with E-state index in [1.807, 2.05) is 0 Å². The third-order valence-corrected chi connectivity index (χ3v) is 4.47. The summed E-state index contributed by atoms with van der Waals surface area (Å²) in [5.41, 5.74) is 0. The summed E-state index contributed by atoms with van der Waals surface area (Å²) in [6.45, 7) is 1.91. The lowest BCUT2D eigenvalue weighted by Gasteiger charge is -2.28. The summed E-state index contributed by atoms with van der Waals surface area (Å²) in [5.74, 6) is -0.388. The number of hydrogen-bond acceptors (Lipinski definition) is 3. The highest BCUT2D eigenvalue weighted by atomic mass is 32.2. The number of hydrogen-bond donors (Lipinski definition) is 1. The van der Waals surface area contributed by atoms with E-state index >= 15 is 0 Å². The van der Waals surface area contributed by atoms with E-state index in [0.29, 0.717) is 31.2 Å². The molecular formula is C10H13FN2O2S. The first-order valence-electron chi connectivity index (χ1n) is 4.98. The van der Waals surface area contributed by atoms with Gasteiger partial charge in [0.05, 0.1) is 18.1 Å². The molecule has 1 aliphatic rings. The Bertz CT molecular complexity index is 452. The first-order chi connectivity index (χ1) is 7.60. The zero-order valence-corrected chi connectivity index (χ0v) is 9.50. The average molecular weight is 244 g/mol. The maximum absolute atomic E-state index is 12.7. The van der Waals surface area contributed by atoms with Crippen molar-refractivity contribution in [3.63, 3.8) is 0 Å². The van der Waals surface area contributed by atoms with Gasteiger partial charge in [0, 0.05) is 13.1 Å². The quantitative estimate of drug-likeness (QED) is 0.856. The second kappa shape index (κ2) is 4.48. The predicted octanol–water partition coefficient (Wildman–Crippen LogP) is 1.48. The first-order valence-corrected chi connectivity index (χ1v) is 6.49. The van der Waals surface area contributed by atoms with E-state index in [2.05, 4.69) is 0 Å². The van der Waals surface area contributed by atoms with Gasteiger partial charge in [-0.05, 0) is 24.3 Å². The van der Waals surface area contributed by atoms with Crippen molar-refractivity contribution in [2.45, 2.75) is 4.90 Å². The van der Waals surface area contributed by atoms with Crippen molar-refractivity contribution >= 4 is 9.92 Å². The maximum Gasteiger partial charge on any atom is 0.137 e. The molecule has 0 bridgehead atoms. The molecule has 0 amide bonds. The monoisotopic (exact) mass is 244 g/mol. The highest BCUT2D eigenvalue weighted by Gasteiger charge is 2.22. The molecule has 16 heavy (non-hydrogen) atoms. The Hall–Kier alpha value is -0.980. The fourth-order valence-electron chi connectivity index (χ4n) is 1.57. The molecule has 2 rings (SSSR count). The zero-order chi connectivity index (χ0) is 11.6. The molecule has 0 aliphatic carbocycles. The van der Waals surface area contributed by atoms with Crippen LogP contribution < -0.4 is 0 Å². The Balaban J connectivity index is 2.27. The molecular weight excluding hydrogens is 231 g/mol. The Morgan fingerprint density at radius 1 is 1.25 bits per heavy atom. The number of morpholine rings is 1. The number of benzene rings is 1. The van der Waals surface area contributed by atoms with Gasteiger partial charge in [-0.3, -0.25) is 0 Å². The fourth-order valence-corrected chi connectivity index (χ4v) is 3.04. The van der Waals surface area contributed by atoms with Crippen LogP contribution in [0.5, 0.6) is 0 Å². The van der Waals surface area contributed by atoms with E-state index in [9.17, 15) is 8.60 Å². The van der Waals surface area contributed by atoms with Gasteiger partial charge in [0.25, 0.3) is 0 Å². The minimum absolute atomic E-state index is 0.343. The molecule has 4 nitrogen and oxygen atoms in total. The topological polar surface area (TPSA) is 53.4 Å². The maximum atomic E-state index is 12.7. The van der Waals surface area contributed by atoms with Crippen molar-refractivity contribution in [1.29, 1.82) is 4.78 Å². The summed E-state index contributed by atoms with van der Waals surface area (Å²) < 4.78 is 39.6. The standard InChI is InChI=1S/C10H13FN2O2S/c11-9-1-3-10(4-2-9)16(12,14)13-5-7-15-8-6-13/h1-4,12H,5-8H2. The lowest BCUT2D eigenvalue weighted by molar-refractivity contribution is 0.0743. The number of halogens is 1. The predicted molar refractivity (Wildman–Crippen MR) is 57.9 cm³/mol. The van der Waals surface area contributed by atoms with Gasteiger partial charge in [-0.25, -0.2) is 17.7 Å². The van der Waals surface area contributed by atoms with Crippen LogP contribution in [0.4, 0.5) is 4.39 Å². The average Bonchev–Trinajstić information content (AvgIpc) is 2.31. The van der Waals surface area contributed by atoms with E-state index in [0.717, 1.165) is 0 Å². The number of nitrogens with zero attached hydrogens (tertiary/aromatic N) is 1. The van der Waals surface area contributed by atoms with Crippen molar-refractivity contribution in [1.82, 2.24) is 4.31 Å². The molecule has 1 fully saturated rings. The Kier molecular flexibility index (Phi) is 3.22. The van der Waals surface area contributed by atoms with E-state index in [-0.39, 0.29) is 5.82 Å². The lowest BCUT2D eigenvalue weighted by atomic mass is 10.4. The molecule has 1 aliphatic heterocycles. The molecule has 88 valence electrons. The van der Waals surface area contributed by atoms with Crippen LogP contribution in [-0.4, -0.2) is 34.8 Å². The van der Waals surface area contributed by atoms with Gasteiger partial charge in [0.15, 0.2) is 0 Å². The van der Waals surface area contributed by atoms with Crippen molar-refractivity contribution in [2.75, 3.05) is 26.3 Å². The van der Waals surface area contributed by atoms with Gasteiger partial charge in [-0.1, -0.05) is 0 Å². The van der Waals surface area contributed by atoms with Crippen LogP contribution in [0.15, 0.2) is 29.2 Å². The van der Waals surface area contributed by atoms with Gasteiger partial charge in [0.2, 0.25) is 0 Å². The zero-order valence-electron chi connectivity index (χ0n) is 8.69. The summed E-state index contributed by atoms with van der Waals surface area (Å²) >= 11 is 0. The van der Waals surface area contributed by atoms with Gasteiger partial charge in [-0.2, -0.15) is 0 Å². The molecule has 0 radical (unpaired) electrons. The molecule has 1 heterocycles. The minimum atomic E-state index is -2.99. The summed E-state index contributed by atoms with van der Waals surface area (Å²) in [6.07, 6.45) is 0. The molecule has 0 aromatic heterocycles. The highest BCUT2D eigenvalue weighted by Crippen LogP contribution is 2.17. The van der Waals surface area contributed by atoms with Gasteiger partial charge in [0.1, 0.15) is 15.7 Å². The third kappa shape index (κ3) is 2.23. The van der Waals surface area contributed by atoms with E-state index < -0.39 is 9.92 Å². The largest absolute Gasteiger partial charge is 0.379 e. The first kappa shape index (κ1) is 11.5. The molecule has 1 atom stereocenters. The summed E-state index contributed by atoms with van der Waals surface area (Å²) in [4.78, 5) is 0.343. The van der Waals surface area contributed by atoms with Crippen molar-refractivity contribution in [3.05, 3.63) is 30.1 Å². The molecule has 1 N–H and O–H groups in total.